The molecule has 8 heteroatoms. The molecule has 1 unspecified atom stereocenters. The van der Waals surface area contributed by atoms with Crippen molar-refractivity contribution in [3.63, 3.8) is 0 Å². The molecule has 1 amide bonds. The lowest BCUT2D eigenvalue weighted by atomic mass is 9.74. The second-order valence-electron chi connectivity index (χ2n) is 8.75. The Morgan fingerprint density at radius 1 is 1.16 bits per heavy atom. The Balaban J connectivity index is 1.97. The molecule has 1 fully saturated rings. The zero-order valence-corrected chi connectivity index (χ0v) is 18.3. The Labute approximate surface area is 182 Å². The number of carbonyl (C=O) groups is 3. The third-order valence-corrected chi connectivity index (χ3v) is 6.42. The number of carboxylic acids is 2. The van der Waals surface area contributed by atoms with Crippen LogP contribution in [0.5, 0.6) is 0 Å². The summed E-state index contributed by atoms with van der Waals surface area (Å²) in [6, 6.07) is 6.72. The van der Waals surface area contributed by atoms with Gasteiger partial charge in [0.2, 0.25) is 5.91 Å². The van der Waals surface area contributed by atoms with Gasteiger partial charge in [0.25, 0.3) is 0 Å². The van der Waals surface area contributed by atoms with E-state index in [4.69, 9.17) is 10.2 Å². The van der Waals surface area contributed by atoms with E-state index in [0.29, 0.717) is 24.8 Å². The first-order chi connectivity index (χ1) is 14.6. The molecule has 1 aliphatic carbocycles. The van der Waals surface area contributed by atoms with Crippen LogP contribution in [0, 0.1) is 11.7 Å². The topological polar surface area (TPSA) is 107 Å². The van der Waals surface area contributed by atoms with Crippen LogP contribution >= 0.6 is 0 Å². The van der Waals surface area contributed by atoms with Crippen LogP contribution in [0.1, 0.15) is 56.9 Å². The lowest BCUT2D eigenvalue weighted by molar-refractivity contribution is -0.141. The van der Waals surface area contributed by atoms with Crippen molar-refractivity contribution in [2.75, 3.05) is 14.1 Å². The number of hydrogen-bond donors (Lipinski definition) is 3. The van der Waals surface area contributed by atoms with Crippen molar-refractivity contribution in [3.05, 3.63) is 35.6 Å². The molecule has 1 aromatic carbocycles. The number of aliphatic carboxylic acids is 2. The number of nitrogens with zero attached hydrogens (tertiary/aromatic N) is 1. The predicted molar refractivity (Wildman–Crippen MR) is 114 cm³/mol. The Morgan fingerprint density at radius 2 is 1.81 bits per heavy atom. The average molecular weight is 437 g/mol. The van der Waals surface area contributed by atoms with Crippen molar-refractivity contribution < 1.29 is 29.0 Å². The highest BCUT2D eigenvalue weighted by atomic mass is 19.1. The highest BCUT2D eigenvalue weighted by Gasteiger charge is 2.38. The smallest absolute Gasteiger partial charge is 0.304 e. The van der Waals surface area contributed by atoms with Gasteiger partial charge in [-0.05, 0) is 70.7 Å². The molecule has 1 aliphatic rings. The summed E-state index contributed by atoms with van der Waals surface area (Å²) in [6.45, 7) is 0. The van der Waals surface area contributed by atoms with Crippen LogP contribution in [0.4, 0.5) is 4.39 Å². The lowest BCUT2D eigenvalue weighted by Crippen LogP contribution is -2.52. The van der Waals surface area contributed by atoms with Crippen molar-refractivity contribution in [1.82, 2.24) is 10.2 Å². The first-order valence-corrected chi connectivity index (χ1v) is 10.8. The maximum absolute atomic E-state index is 14.2. The van der Waals surface area contributed by atoms with Crippen LogP contribution in [0.3, 0.4) is 0 Å². The maximum Gasteiger partial charge on any atom is 0.304 e. The molecule has 3 N–H and O–H groups in total. The monoisotopic (exact) mass is 436 g/mol. The molecule has 0 spiro atoms. The first-order valence-electron chi connectivity index (χ1n) is 10.8. The quantitative estimate of drug-likeness (QED) is 0.492. The van der Waals surface area contributed by atoms with Gasteiger partial charge in [-0.15, -0.1) is 0 Å². The fraction of sp³-hybridized carbons (Fsp3) is 0.609. The standard InChI is InChI=1S/C23H33FN2O5/c1-26(2)23(15-17-6-3-4-8-19(17)24)12-10-18(11-13-23)25-22(31)16(14-21(29)30)7-5-9-20(27)28/h3-4,6,8,16,18H,5,7,9-15H2,1-2H3,(H,25,31)(H,27,28)(H,29,30). The molecule has 0 heterocycles. The molecule has 1 atom stereocenters. The normalized spacial score (nSPS) is 22.1. The van der Waals surface area contributed by atoms with Crippen LogP contribution in [0.25, 0.3) is 0 Å². The molecule has 0 saturated heterocycles. The van der Waals surface area contributed by atoms with E-state index in [1.807, 2.05) is 26.2 Å². The summed E-state index contributed by atoms with van der Waals surface area (Å²) in [5.41, 5.74) is 0.476. The Hall–Kier alpha value is -2.48. The van der Waals surface area contributed by atoms with Gasteiger partial charge in [0.1, 0.15) is 5.82 Å². The number of likely N-dealkylation sites (N-methyl/N-ethyl adjacent to an activating group) is 1. The maximum atomic E-state index is 14.2. The summed E-state index contributed by atoms with van der Waals surface area (Å²) in [4.78, 5) is 36.7. The number of benzene rings is 1. The molecule has 2 rings (SSSR count). The van der Waals surface area contributed by atoms with Crippen molar-refractivity contribution >= 4 is 17.8 Å². The van der Waals surface area contributed by atoms with Crippen LogP contribution in [0.15, 0.2) is 24.3 Å². The summed E-state index contributed by atoms with van der Waals surface area (Å²) in [5.74, 6) is -3.32. The van der Waals surface area contributed by atoms with Crippen LogP contribution in [0.2, 0.25) is 0 Å². The van der Waals surface area contributed by atoms with E-state index in [1.54, 1.807) is 6.07 Å². The van der Waals surface area contributed by atoms with Gasteiger partial charge in [-0.2, -0.15) is 0 Å². The van der Waals surface area contributed by atoms with Gasteiger partial charge in [-0.3, -0.25) is 14.4 Å². The SMILES string of the molecule is CN(C)C1(Cc2ccccc2F)CCC(NC(=O)C(CCCC(=O)O)CC(=O)O)CC1. The van der Waals surface area contributed by atoms with Crippen molar-refractivity contribution in [3.8, 4) is 0 Å². The van der Waals surface area contributed by atoms with E-state index in [2.05, 4.69) is 10.2 Å². The molecule has 0 aromatic heterocycles. The highest BCUT2D eigenvalue weighted by molar-refractivity contribution is 5.83. The third-order valence-electron chi connectivity index (χ3n) is 6.42. The molecule has 0 aliphatic heterocycles. The zero-order chi connectivity index (χ0) is 23.0. The number of halogens is 1. The Kier molecular flexibility index (Phi) is 8.98. The van der Waals surface area contributed by atoms with Gasteiger partial charge in [-0.1, -0.05) is 18.2 Å². The lowest BCUT2D eigenvalue weighted by Gasteiger charge is -2.45. The van der Waals surface area contributed by atoms with Crippen molar-refractivity contribution in [1.29, 1.82) is 0 Å². The van der Waals surface area contributed by atoms with Gasteiger partial charge >= 0.3 is 11.9 Å². The van der Waals surface area contributed by atoms with Crippen LogP contribution in [-0.4, -0.2) is 58.6 Å². The average Bonchev–Trinajstić information content (AvgIpc) is 2.69. The predicted octanol–water partition coefficient (Wildman–Crippen LogP) is 3.07. The molecule has 0 bridgehead atoms. The van der Waals surface area contributed by atoms with Gasteiger partial charge in [0, 0.05) is 23.9 Å². The third kappa shape index (κ3) is 7.31. The summed E-state index contributed by atoms with van der Waals surface area (Å²) in [5, 5.41) is 20.9. The minimum absolute atomic E-state index is 0.0723. The Bertz CT molecular complexity index is 775. The largest absolute Gasteiger partial charge is 0.481 e. The van der Waals surface area contributed by atoms with E-state index in [1.165, 1.54) is 6.07 Å². The second kappa shape index (κ2) is 11.2. The van der Waals surface area contributed by atoms with E-state index >= 15 is 0 Å². The number of carbonyl (C=O) groups excluding carboxylic acids is 1. The fourth-order valence-corrected chi connectivity index (χ4v) is 4.43. The van der Waals surface area contributed by atoms with Gasteiger partial charge in [-0.25, -0.2) is 4.39 Å². The van der Waals surface area contributed by atoms with Crippen LogP contribution in [-0.2, 0) is 20.8 Å². The van der Waals surface area contributed by atoms with Crippen LogP contribution < -0.4 is 5.32 Å². The molecule has 172 valence electrons. The molecule has 7 nitrogen and oxygen atoms in total. The number of amides is 1. The summed E-state index contributed by atoms with van der Waals surface area (Å²) in [6.07, 6.45) is 3.67. The van der Waals surface area contributed by atoms with E-state index in [0.717, 1.165) is 12.8 Å². The van der Waals surface area contributed by atoms with Crippen molar-refractivity contribution in [2.24, 2.45) is 5.92 Å². The van der Waals surface area contributed by atoms with Gasteiger partial charge in [0.05, 0.1) is 6.42 Å². The van der Waals surface area contributed by atoms with Crippen molar-refractivity contribution in [2.45, 2.75) is 69.4 Å². The zero-order valence-electron chi connectivity index (χ0n) is 18.3. The summed E-state index contributed by atoms with van der Waals surface area (Å²) in [7, 11) is 3.98. The Morgan fingerprint density at radius 3 is 2.35 bits per heavy atom. The van der Waals surface area contributed by atoms with Gasteiger partial charge < -0.3 is 20.4 Å². The molecular weight excluding hydrogens is 403 g/mol. The molecular formula is C23H33FN2O5. The second-order valence-corrected chi connectivity index (χ2v) is 8.75. The number of carboxylic acid groups (broad SMARTS) is 2. The molecule has 0 radical (unpaired) electrons. The highest BCUT2D eigenvalue weighted by Crippen LogP contribution is 2.36. The summed E-state index contributed by atoms with van der Waals surface area (Å²) >= 11 is 0. The molecule has 1 aromatic rings. The number of nitrogens with one attached hydrogen (secondary N) is 1. The van der Waals surface area contributed by atoms with E-state index in [-0.39, 0.29) is 49.0 Å². The van der Waals surface area contributed by atoms with Gasteiger partial charge in [0.15, 0.2) is 0 Å². The summed E-state index contributed by atoms with van der Waals surface area (Å²) < 4.78 is 14.2. The molecule has 1 saturated carbocycles. The number of rotatable bonds is 11. The van der Waals surface area contributed by atoms with E-state index < -0.39 is 17.9 Å². The number of hydrogen-bond acceptors (Lipinski definition) is 4. The minimum atomic E-state index is -1.07. The first kappa shape index (κ1) is 24.8. The molecule has 31 heavy (non-hydrogen) atoms. The minimum Gasteiger partial charge on any atom is -0.481 e. The fourth-order valence-electron chi connectivity index (χ4n) is 4.43. The van der Waals surface area contributed by atoms with E-state index in [9.17, 15) is 18.8 Å².